The summed E-state index contributed by atoms with van der Waals surface area (Å²) in [5.74, 6) is 0.841. The van der Waals surface area contributed by atoms with E-state index in [0.717, 1.165) is 12.2 Å². The van der Waals surface area contributed by atoms with Gasteiger partial charge in [-0.1, -0.05) is 32.9 Å². The lowest BCUT2D eigenvalue weighted by Gasteiger charge is -2.33. The Morgan fingerprint density at radius 2 is 1.63 bits per heavy atom. The molecule has 1 saturated heterocycles. The lowest BCUT2D eigenvalue weighted by Crippen LogP contribution is -2.53. The Kier molecular flexibility index (Phi) is 7.33. The van der Waals surface area contributed by atoms with Crippen molar-refractivity contribution >= 4 is 12.1 Å². The highest BCUT2D eigenvalue weighted by Gasteiger charge is 2.24. The van der Waals surface area contributed by atoms with Gasteiger partial charge in [-0.3, -0.25) is 0 Å². The molecule has 1 aliphatic rings. The Morgan fingerprint density at radius 3 is 2.19 bits per heavy atom. The van der Waals surface area contributed by atoms with Crippen LogP contribution in [0.3, 0.4) is 0 Å². The largest absolute Gasteiger partial charge is 0.494 e. The molecule has 1 aromatic rings. The smallest absolute Gasteiger partial charge is 0.409 e. The van der Waals surface area contributed by atoms with Gasteiger partial charge >= 0.3 is 12.1 Å². The number of urea groups is 1. The average molecular weight is 377 g/mol. The Labute approximate surface area is 161 Å². The van der Waals surface area contributed by atoms with Crippen LogP contribution in [0.5, 0.6) is 5.75 Å². The van der Waals surface area contributed by atoms with E-state index in [4.69, 9.17) is 9.47 Å². The molecular formula is C20H31N3O4. The first kappa shape index (κ1) is 20.9. The molecule has 1 fully saturated rings. The van der Waals surface area contributed by atoms with Crippen LogP contribution in [0.25, 0.3) is 0 Å². The Morgan fingerprint density at radius 1 is 1.04 bits per heavy atom. The highest BCUT2D eigenvalue weighted by molar-refractivity contribution is 5.75. The van der Waals surface area contributed by atoms with Gasteiger partial charge in [-0.15, -0.1) is 0 Å². The van der Waals surface area contributed by atoms with Crippen molar-refractivity contribution in [2.75, 3.05) is 46.4 Å². The fraction of sp³-hybridized carbons (Fsp3) is 0.600. The molecule has 7 nitrogen and oxygen atoms in total. The molecule has 1 heterocycles. The van der Waals surface area contributed by atoms with Crippen molar-refractivity contribution in [1.29, 1.82) is 0 Å². The van der Waals surface area contributed by atoms with E-state index in [-0.39, 0.29) is 17.5 Å². The second kappa shape index (κ2) is 9.48. The number of nitrogens with one attached hydrogen (secondary N) is 1. The number of carbonyl (C=O) groups is 2. The molecule has 0 aliphatic carbocycles. The SMILES string of the molecule is COC(=O)N1CCN(C(=O)NCCCOc2ccc(C(C)(C)C)cc2)CC1. The fourth-order valence-corrected chi connectivity index (χ4v) is 2.84. The Bertz CT molecular complexity index is 617. The number of hydrogen-bond acceptors (Lipinski definition) is 4. The van der Waals surface area contributed by atoms with Crippen LogP contribution in [-0.4, -0.2) is 68.4 Å². The third kappa shape index (κ3) is 6.34. The molecule has 1 aromatic carbocycles. The molecule has 27 heavy (non-hydrogen) atoms. The predicted molar refractivity (Wildman–Crippen MR) is 104 cm³/mol. The number of methoxy groups -OCH3 is 1. The first-order valence-corrected chi connectivity index (χ1v) is 9.40. The third-order valence-corrected chi connectivity index (χ3v) is 4.59. The zero-order valence-electron chi connectivity index (χ0n) is 16.8. The molecule has 0 bridgehead atoms. The van der Waals surface area contributed by atoms with E-state index < -0.39 is 0 Å². The number of carbonyl (C=O) groups excluding carboxylic acids is 2. The van der Waals surface area contributed by atoms with Gasteiger partial charge in [0.25, 0.3) is 0 Å². The number of rotatable bonds is 5. The van der Waals surface area contributed by atoms with Crippen LogP contribution in [0.2, 0.25) is 0 Å². The van der Waals surface area contributed by atoms with Crippen molar-refractivity contribution in [3.8, 4) is 5.75 Å². The Balaban J connectivity index is 1.61. The van der Waals surface area contributed by atoms with E-state index in [0.29, 0.717) is 39.3 Å². The second-order valence-corrected chi connectivity index (χ2v) is 7.65. The molecular weight excluding hydrogens is 346 g/mol. The van der Waals surface area contributed by atoms with Gasteiger partial charge in [0.2, 0.25) is 0 Å². The van der Waals surface area contributed by atoms with Crippen molar-refractivity contribution in [2.45, 2.75) is 32.6 Å². The normalized spacial score (nSPS) is 14.7. The van der Waals surface area contributed by atoms with Gasteiger partial charge in [0, 0.05) is 32.7 Å². The van der Waals surface area contributed by atoms with E-state index >= 15 is 0 Å². The maximum atomic E-state index is 12.1. The number of ether oxygens (including phenoxy) is 2. The van der Waals surface area contributed by atoms with Gasteiger partial charge in [-0.2, -0.15) is 0 Å². The van der Waals surface area contributed by atoms with Crippen molar-refractivity contribution in [1.82, 2.24) is 15.1 Å². The average Bonchev–Trinajstić information content (AvgIpc) is 2.66. The second-order valence-electron chi connectivity index (χ2n) is 7.65. The zero-order valence-corrected chi connectivity index (χ0v) is 16.8. The molecule has 3 amide bonds. The highest BCUT2D eigenvalue weighted by Crippen LogP contribution is 2.24. The van der Waals surface area contributed by atoms with Crippen LogP contribution < -0.4 is 10.1 Å². The molecule has 0 unspecified atom stereocenters. The summed E-state index contributed by atoms with van der Waals surface area (Å²) < 4.78 is 10.4. The molecule has 0 atom stereocenters. The summed E-state index contributed by atoms with van der Waals surface area (Å²) in [5, 5.41) is 2.90. The molecule has 7 heteroatoms. The van der Waals surface area contributed by atoms with E-state index in [1.54, 1.807) is 9.80 Å². The van der Waals surface area contributed by atoms with Crippen LogP contribution in [-0.2, 0) is 10.2 Å². The topological polar surface area (TPSA) is 71.1 Å². The van der Waals surface area contributed by atoms with Crippen LogP contribution >= 0.6 is 0 Å². The molecule has 1 aliphatic heterocycles. The first-order valence-electron chi connectivity index (χ1n) is 9.40. The summed E-state index contributed by atoms with van der Waals surface area (Å²) in [6.07, 6.45) is 0.386. The van der Waals surface area contributed by atoms with Crippen LogP contribution in [0.1, 0.15) is 32.8 Å². The standard InChI is InChI=1S/C20H31N3O4/c1-20(2,3)16-6-8-17(9-7-16)27-15-5-10-21-18(24)22-11-13-23(14-12-22)19(25)26-4/h6-9H,5,10-15H2,1-4H3,(H,21,24). The number of nitrogens with zero attached hydrogens (tertiary/aromatic N) is 2. The van der Waals surface area contributed by atoms with E-state index in [1.165, 1.54) is 12.7 Å². The van der Waals surface area contributed by atoms with E-state index in [1.807, 2.05) is 12.1 Å². The van der Waals surface area contributed by atoms with E-state index in [2.05, 4.69) is 38.2 Å². The monoisotopic (exact) mass is 377 g/mol. The summed E-state index contributed by atoms with van der Waals surface area (Å²) >= 11 is 0. The zero-order chi connectivity index (χ0) is 19.9. The van der Waals surface area contributed by atoms with Gasteiger partial charge in [-0.25, -0.2) is 9.59 Å². The number of amides is 3. The summed E-state index contributed by atoms with van der Waals surface area (Å²) in [4.78, 5) is 26.9. The number of benzene rings is 1. The van der Waals surface area contributed by atoms with Crippen LogP contribution in [0.15, 0.2) is 24.3 Å². The maximum Gasteiger partial charge on any atom is 0.409 e. The van der Waals surface area contributed by atoms with Gasteiger partial charge in [0.15, 0.2) is 0 Å². The lowest BCUT2D eigenvalue weighted by molar-refractivity contribution is 0.0970. The van der Waals surface area contributed by atoms with Crippen molar-refractivity contribution in [3.63, 3.8) is 0 Å². The minimum Gasteiger partial charge on any atom is -0.494 e. The van der Waals surface area contributed by atoms with Crippen molar-refractivity contribution < 1.29 is 19.1 Å². The molecule has 2 rings (SSSR count). The van der Waals surface area contributed by atoms with Gasteiger partial charge in [0.1, 0.15) is 5.75 Å². The van der Waals surface area contributed by atoms with Gasteiger partial charge in [-0.05, 0) is 29.5 Å². The maximum absolute atomic E-state index is 12.1. The Hall–Kier alpha value is -2.44. The van der Waals surface area contributed by atoms with Crippen molar-refractivity contribution in [3.05, 3.63) is 29.8 Å². The van der Waals surface area contributed by atoms with Crippen LogP contribution in [0.4, 0.5) is 9.59 Å². The molecule has 150 valence electrons. The quantitative estimate of drug-likeness (QED) is 0.801. The summed E-state index contributed by atoms with van der Waals surface area (Å²) in [7, 11) is 1.36. The lowest BCUT2D eigenvalue weighted by atomic mass is 9.87. The number of hydrogen-bond donors (Lipinski definition) is 1. The highest BCUT2D eigenvalue weighted by atomic mass is 16.5. The van der Waals surface area contributed by atoms with Crippen molar-refractivity contribution in [2.24, 2.45) is 0 Å². The minimum atomic E-state index is -0.345. The fourth-order valence-electron chi connectivity index (χ4n) is 2.84. The molecule has 0 saturated carbocycles. The predicted octanol–water partition coefficient (Wildman–Crippen LogP) is 2.85. The van der Waals surface area contributed by atoms with Gasteiger partial charge < -0.3 is 24.6 Å². The molecule has 0 radical (unpaired) electrons. The number of piperazine rings is 1. The molecule has 0 spiro atoms. The van der Waals surface area contributed by atoms with Crippen LogP contribution in [0, 0.1) is 0 Å². The summed E-state index contributed by atoms with van der Waals surface area (Å²) in [6.45, 7) is 9.65. The molecule has 1 N–H and O–H groups in total. The first-order chi connectivity index (χ1) is 12.8. The van der Waals surface area contributed by atoms with Gasteiger partial charge in [0.05, 0.1) is 13.7 Å². The van der Waals surface area contributed by atoms with E-state index in [9.17, 15) is 9.59 Å². The molecule has 0 aromatic heterocycles. The summed E-state index contributed by atoms with van der Waals surface area (Å²) in [6, 6.07) is 8.05. The third-order valence-electron chi connectivity index (χ3n) is 4.59. The summed E-state index contributed by atoms with van der Waals surface area (Å²) in [5.41, 5.74) is 1.40. The minimum absolute atomic E-state index is 0.103.